The molecule has 3 heterocycles. The summed E-state index contributed by atoms with van der Waals surface area (Å²) < 4.78 is 2.03. The van der Waals surface area contributed by atoms with Gasteiger partial charge in [0.25, 0.3) is 0 Å². The van der Waals surface area contributed by atoms with Gasteiger partial charge in [-0.15, -0.1) is 24.0 Å². The zero-order valence-corrected chi connectivity index (χ0v) is 19.5. The van der Waals surface area contributed by atoms with E-state index >= 15 is 0 Å². The highest BCUT2D eigenvalue weighted by molar-refractivity contribution is 14.0. The standard InChI is InChI=1S/C19H30N8.HI/c1-5-16-24-18-11-10-15(13-27(18)25-16)23-19(20-6-2)21-12-14-8-7-9-17(22-14)26(3)4;/h7-9,15H,5-6,10-13H2,1-4H3,(H2,20,21,23);1H. The molecule has 1 atom stereocenters. The third-order valence-electron chi connectivity index (χ3n) is 4.55. The smallest absolute Gasteiger partial charge is 0.191 e. The molecule has 8 nitrogen and oxygen atoms in total. The molecule has 2 aromatic heterocycles. The summed E-state index contributed by atoms with van der Waals surface area (Å²) in [5.74, 6) is 3.78. The summed E-state index contributed by atoms with van der Waals surface area (Å²) in [5.41, 5.74) is 0.952. The van der Waals surface area contributed by atoms with Crippen molar-refractivity contribution in [1.29, 1.82) is 0 Å². The van der Waals surface area contributed by atoms with Crippen LogP contribution in [0, 0.1) is 0 Å². The number of halogens is 1. The van der Waals surface area contributed by atoms with Gasteiger partial charge in [0, 0.05) is 39.5 Å². The fourth-order valence-corrected chi connectivity index (χ4v) is 3.11. The van der Waals surface area contributed by atoms with Crippen LogP contribution in [0.4, 0.5) is 5.82 Å². The topological polar surface area (TPSA) is 83.3 Å². The first-order valence-electron chi connectivity index (χ1n) is 9.69. The van der Waals surface area contributed by atoms with E-state index in [9.17, 15) is 0 Å². The molecule has 28 heavy (non-hydrogen) atoms. The second-order valence-electron chi connectivity index (χ2n) is 6.94. The van der Waals surface area contributed by atoms with Crippen molar-refractivity contribution in [1.82, 2.24) is 30.4 Å². The predicted octanol–water partition coefficient (Wildman–Crippen LogP) is 1.99. The molecule has 9 heteroatoms. The number of hydrogen-bond acceptors (Lipinski definition) is 5. The Morgan fingerprint density at radius 2 is 2.11 bits per heavy atom. The number of pyridine rings is 1. The summed E-state index contributed by atoms with van der Waals surface area (Å²) in [6, 6.07) is 6.32. The molecular weight excluding hydrogens is 467 g/mol. The lowest BCUT2D eigenvalue weighted by atomic mass is 10.1. The van der Waals surface area contributed by atoms with Gasteiger partial charge in [-0.05, 0) is 25.5 Å². The highest BCUT2D eigenvalue weighted by Gasteiger charge is 2.22. The van der Waals surface area contributed by atoms with Crippen LogP contribution in [-0.4, -0.2) is 52.4 Å². The largest absolute Gasteiger partial charge is 0.363 e. The highest BCUT2D eigenvalue weighted by Crippen LogP contribution is 2.13. The van der Waals surface area contributed by atoms with E-state index in [1.807, 2.05) is 41.9 Å². The number of guanidine groups is 1. The molecule has 0 amide bonds. The van der Waals surface area contributed by atoms with E-state index in [1.54, 1.807) is 0 Å². The molecular formula is C19H31IN8. The Hall–Kier alpha value is -1.91. The van der Waals surface area contributed by atoms with E-state index in [1.165, 1.54) is 0 Å². The first-order valence-corrected chi connectivity index (χ1v) is 9.69. The second kappa shape index (κ2) is 10.6. The molecule has 2 N–H and O–H groups in total. The number of aromatic nitrogens is 4. The Balaban J connectivity index is 0.00000280. The monoisotopic (exact) mass is 498 g/mol. The highest BCUT2D eigenvalue weighted by atomic mass is 127. The molecule has 0 saturated heterocycles. The van der Waals surface area contributed by atoms with Crippen LogP contribution in [0.25, 0.3) is 0 Å². The molecule has 0 aliphatic carbocycles. The normalized spacial score (nSPS) is 16.1. The van der Waals surface area contributed by atoms with E-state index < -0.39 is 0 Å². The SMILES string of the molecule is CCNC(=NCc1cccc(N(C)C)n1)NC1CCc2nc(CC)nn2C1.I. The summed E-state index contributed by atoms with van der Waals surface area (Å²) in [6.07, 6.45) is 2.85. The van der Waals surface area contributed by atoms with Crippen LogP contribution in [0.1, 0.15) is 37.6 Å². The molecule has 1 aliphatic rings. The van der Waals surface area contributed by atoms with Crippen molar-refractivity contribution in [3.05, 3.63) is 35.5 Å². The molecule has 0 aromatic carbocycles. The first-order chi connectivity index (χ1) is 13.1. The summed E-state index contributed by atoms with van der Waals surface area (Å²) in [5, 5.41) is 11.5. The lowest BCUT2D eigenvalue weighted by molar-refractivity contribution is 0.392. The maximum atomic E-state index is 4.72. The minimum atomic E-state index is 0. The van der Waals surface area contributed by atoms with Crippen molar-refractivity contribution in [2.75, 3.05) is 25.5 Å². The quantitative estimate of drug-likeness (QED) is 0.360. The zero-order chi connectivity index (χ0) is 19.2. The molecule has 0 radical (unpaired) electrons. The minimum absolute atomic E-state index is 0. The maximum Gasteiger partial charge on any atom is 0.191 e. The average Bonchev–Trinajstić information content (AvgIpc) is 3.09. The molecule has 1 unspecified atom stereocenters. The number of hydrogen-bond donors (Lipinski definition) is 2. The number of aliphatic imine (C=N–C) groups is 1. The third-order valence-corrected chi connectivity index (χ3v) is 4.55. The van der Waals surface area contributed by atoms with Crippen LogP contribution in [-0.2, 0) is 25.9 Å². The fraction of sp³-hybridized carbons (Fsp3) is 0.579. The van der Waals surface area contributed by atoms with Crippen molar-refractivity contribution in [2.24, 2.45) is 4.99 Å². The van der Waals surface area contributed by atoms with Crippen LogP contribution in [0.5, 0.6) is 0 Å². The molecule has 154 valence electrons. The Labute approximate surface area is 184 Å². The van der Waals surface area contributed by atoms with Gasteiger partial charge in [-0.3, -0.25) is 0 Å². The van der Waals surface area contributed by atoms with Gasteiger partial charge < -0.3 is 15.5 Å². The third kappa shape index (κ3) is 5.79. The second-order valence-corrected chi connectivity index (χ2v) is 6.94. The first kappa shape index (κ1) is 22.4. The lowest BCUT2D eigenvalue weighted by Crippen LogP contribution is -2.47. The van der Waals surface area contributed by atoms with E-state index in [4.69, 9.17) is 4.99 Å². The van der Waals surface area contributed by atoms with E-state index in [-0.39, 0.29) is 24.0 Å². The number of fused-ring (bicyclic) bond motifs is 1. The van der Waals surface area contributed by atoms with Crippen molar-refractivity contribution in [2.45, 2.75) is 52.2 Å². The molecule has 0 saturated carbocycles. The molecule has 1 aliphatic heterocycles. The van der Waals surface area contributed by atoms with Crippen molar-refractivity contribution in [3.63, 3.8) is 0 Å². The summed E-state index contributed by atoms with van der Waals surface area (Å²) in [7, 11) is 3.98. The van der Waals surface area contributed by atoms with Gasteiger partial charge in [0.05, 0.1) is 18.8 Å². The Kier molecular flexibility index (Phi) is 8.46. The van der Waals surface area contributed by atoms with Crippen molar-refractivity contribution >= 4 is 35.8 Å². The number of rotatable bonds is 6. The van der Waals surface area contributed by atoms with E-state index in [0.717, 1.165) is 61.5 Å². The summed E-state index contributed by atoms with van der Waals surface area (Å²) >= 11 is 0. The predicted molar refractivity (Wildman–Crippen MR) is 123 cm³/mol. The van der Waals surface area contributed by atoms with Gasteiger partial charge in [-0.1, -0.05) is 13.0 Å². The number of aryl methyl sites for hydroxylation is 2. The molecule has 0 bridgehead atoms. The summed E-state index contributed by atoms with van der Waals surface area (Å²) in [4.78, 5) is 15.9. The summed E-state index contributed by atoms with van der Waals surface area (Å²) in [6.45, 7) is 6.34. The lowest BCUT2D eigenvalue weighted by Gasteiger charge is -2.25. The van der Waals surface area contributed by atoms with Crippen molar-refractivity contribution in [3.8, 4) is 0 Å². The molecule has 3 rings (SSSR count). The van der Waals surface area contributed by atoms with Gasteiger partial charge in [-0.25, -0.2) is 19.6 Å². The minimum Gasteiger partial charge on any atom is -0.363 e. The van der Waals surface area contributed by atoms with Crippen LogP contribution < -0.4 is 15.5 Å². The average molecular weight is 498 g/mol. The maximum absolute atomic E-state index is 4.72. The van der Waals surface area contributed by atoms with Gasteiger partial charge in [0.2, 0.25) is 0 Å². The van der Waals surface area contributed by atoms with Crippen molar-refractivity contribution < 1.29 is 0 Å². The Bertz CT molecular complexity index is 786. The molecule has 0 fully saturated rings. The number of anilines is 1. The Morgan fingerprint density at radius 1 is 1.29 bits per heavy atom. The number of nitrogens with zero attached hydrogens (tertiary/aromatic N) is 6. The van der Waals surface area contributed by atoms with Crippen LogP contribution >= 0.6 is 24.0 Å². The Morgan fingerprint density at radius 3 is 2.82 bits per heavy atom. The zero-order valence-electron chi connectivity index (χ0n) is 17.1. The van der Waals surface area contributed by atoms with Crippen LogP contribution in [0.3, 0.4) is 0 Å². The fourth-order valence-electron chi connectivity index (χ4n) is 3.11. The van der Waals surface area contributed by atoms with E-state index in [0.29, 0.717) is 12.6 Å². The number of nitrogens with one attached hydrogen (secondary N) is 2. The van der Waals surface area contributed by atoms with Crippen LogP contribution in [0.15, 0.2) is 23.2 Å². The van der Waals surface area contributed by atoms with Gasteiger partial charge in [0.1, 0.15) is 11.6 Å². The van der Waals surface area contributed by atoms with Gasteiger partial charge in [-0.2, -0.15) is 5.10 Å². The molecule has 2 aromatic rings. The van der Waals surface area contributed by atoms with Gasteiger partial charge >= 0.3 is 0 Å². The van der Waals surface area contributed by atoms with E-state index in [2.05, 4.69) is 39.5 Å². The molecule has 0 spiro atoms. The van der Waals surface area contributed by atoms with Gasteiger partial charge in [0.15, 0.2) is 11.8 Å². The van der Waals surface area contributed by atoms with Crippen LogP contribution in [0.2, 0.25) is 0 Å².